The summed E-state index contributed by atoms with van der Waals surface area (Å²) in [4.78, 5) is 2.40. The molecule has 1 unspecified atom stereocenters. The highest BCUT2D eigenvalue weighted by atomic mass is 19.1. The van der Waals surface area contributed by atoms with Crippen LogP contribution in [0.1, 0.15) is 38.8 Å². The molecule has 0 aliphatic heterocycles. The number of hydrogen-bond donors (Lipinski definition) is 1. The second-order valence-electron chi connectivity index (χ2n) is 5.58. The van der Waals surface area contributed by atoms with Gasteiger partial charge in [-0.05, 0) is 44.5 Å². The molecule has 0 saturated carbocycles. The molecule has 0 aliphatic rings. The zero-order valence-electron chi connectivity index (χ0n) is 13.7. The molecule has 1 aromatic carbocycles. The maximum absolute atomic E-state index is 13.4. The fourth-order valence-electron chi connectivity index (χ4n) is 2.49. The van der Waals surface area contributed by atoms with Gasteiger partial charge in [-0.25, -0.2) is 4.39 Å². The van der Waals surface area contributed by atoms with Crippen LogP contribution in [-0.4, -0.2) is 44.3 Å². The van der Waals surface area contributed by atoms with Gasteiger partial charge in [0, 0.05) is 32.3 Å². The van der Waals surface area contributed by atoms with Crippen molar-refractivity contribution in [1.82, 2.24) is 10.2 Å². The molecule has 0 heterocycles. The molecule has 1 atom stereocenters. The van der Waals surface area contributed by atoms with E-state index in [4.69, 9.17) is 4.74 Å². The predicted molar refractivity (Wildman–Crippen MR) is 86.0 cm³/mol. The summed E-state index contributed by atoms with van der Waals surface area (Å²) in [5.74, 6) is -0.171. The number of benzene rings is 1. The van der Waals surface area contributed by atoms with Crippen molar-refractivity contribution in [2.24, 2.45) is 0 Å². The SMILES string of the molecule is CCNC(CCN(CCOC)C(C)C)c1cccc(F)c1. The van der Waals surface area contributed by atoms with E-state index in [1.54, 1.807) is 19.2 Å². The molecular formula is C17H29FN2O. The van der Waals surface area contributed by atoms with Gasteiger partial charge in [0.25, 0.3) is 0 Å². The molecular weight excluding hydrogens is 267 g/mol. The predicted octanol–water partition coefficient (Wildman–Crippen LogP) is 3.22. The third-order valence-electron chi connectivity index (χ3n) is 3.72. The summed E-state index contributed by atoms with van der Waals surface area (Å²) in [7, 11) is 1.73. The topological polar surface area (TPSA) is 24.5 Å². The van der Waals surface area contributed by atoms with Crippen molar-refractivity contribution in [3.05, 3.63) is 35.6 Å². The highest BCUT2D eigenvalue weighted by Gasteiger charge is 2.15. The third kappa shape index (κ3) is 6.55. The first-order valence-electron chi connectivity index (χ1n) is 7.80. The quantitative estimate of drug-likeness (QED) is 0.717. The van der Waals surface area contributed by atoms with Crippen molar-refractivity contribution < 1.29 is 9.13 Å². The summed E-state index contributed by atoms with van der Waals surface area (Å²) < 4.78 is 18.6. The van der Waals surface area contributed by atoms with Gasteiger partial charge in [-0.2, -0.15) is 0 Å². The first kappa shape index (κ1) is 18.1. The second-order valence-corrected chi connectivity index (χ2v) is 5.58. The molecule has 1 rings (SSSR count). The molecule has 0 saturated heterocycles. The number of ether oxygens (including phenoxy) is 1. The Morgan fingerprint density at radius 1 is 1.29 bits per heavy atom. The van der Waals surface area contributed by atoms with Gasteiger partial charge < -0.3 is 10.1 Å². The van der Waals surface area contributed by atoms with E-state index in [-0.39, 0.29) is 11.9 Å². The lowest BCUT2D eigenvalue weighted by atomic mass is 10.0. The zero-order chi connectivity index (χ0) is 15.7. The van der Waals surface area contributed by atoms with Crippen LogP contribution < -0.4 is 5.32 Å². The maximum atomic E-state index is 13.4. The van der Waals surface area contributed by atoms with Crippen LogP contribution in [0.3, 0.4) is 0 Å². The zero-order valence-corrected chi connectivity index (χ0v) is 13.7. The molecule has 3 nitrogen and oxygen atoms in total. The van der Waals surface area contributed by atoms with E-state index in [9.17, 15) is 4.39 Å². The number of methoxy groups -OCH3 is 1. The van der Waals surface area contributed by atoms with Crippen molar-refractivity contribution in [3.63, 3.8) is 0 Å². The first-order valence-corrected chi connectivity index (χ1v) is 7.80. The Labute approximate surface area is 128 Å². The van der Waals surface area contributed by atoms with E-state index in [1.165, 1.54) is 6.07 Å². The number of nitrogens with one attached hydrogen (secondary N) is 1. The standard InChI is InChI=1S/C17H29FN2O/c1-5-19-17(15-7-6-8-16(18)13-15)9-10-20(14(2)3)11-12-21-4/h6-8,13-14,17,19H,5,9-12H2,1-4H3. The molecule has 1 aromatic rings. The average Bonchev–Trinajstić information content (AvgIpc) is 2.45. The largest absolute Gasteiger partial charge is 0.383 e. The van der Waals surface area contributed by atoms with Crippen molar-refractivity contribution >= 4 is 0 Å². The minimum Gasteiger partial charge on any atom is -0.383 e. The van der Waals surface area contributed by atoms with Gasteiger partial charge >= 0.3 is 0 Å². The van der Waals surface area contributed by atoms with Gasteiger partial charge in [0.1, 0.15) is 5.82 Å². The van der Waals surface area contributed by atoms with E-state index in [2.05, 4.69) is 31.0 Å². The lowest BCUT2D eigenvalue weighted by Gasteiger charge is -2.28. The van der Waals surface area contributed by atoms with Crippen LogP contribution in [0.2, 0.25) is 0 Å². The minimum atomic E-state index is -0.171. The molecule has 0 radical (unpaired) electrons. The number of nitrogens with zero attached hydrogens (tertiary/aromatic N) is 1. The summed E-state index contributed by atoms with van der Waals surface area (Å²) in [6, 6.07) is 7.56. The fraction of sp³-hybridized carbons (Fsp3) is 0.647. The Morgan fingerprint density at radius 2 is 2.05 bits per heavy atom. The highest BCUT2D eigenvalue weighted by Crippen LogP contribution is 2.18. The fourth-order valence-corrected chi connectivity index (χ4v) is 2.49. The van der Waals surface area contributed by atoms with Crippen molar-refractivity contribution in [3.8, 4) is 0 Å². The smallest absolute Gasteiger partial charge is 0.123 e. The van der Waals surface area contributed by atoms with Crippen molar-refractivity contribution in [2.45, 2.75) is 39.3 Å². The summed E-state index contributed by atoms with van der Waals surface area (Å²) in [5.41, 5.74) is 1.02. The van der Waals surface area contributed by atoms with Gasteiger partial charge in [0.05, 0.1) is 6.61 Å². The number of rotatable bonds is 10. The van der Waals surface area contributed by atoms with Gasteiger partial charge in [-0.1, -0.05) is 19.1 Å². The molecule has 0 aromatic heterocycles. The van der Waals surface area contributed by atoms with Crippen LogP contribution in [0.4, 0.5) is 4.39 Å². The Bertz CT molecular complexity index is 398. The minimum absolute atomic E-state index is 0.171. The van der Waals surface area contributed by atoms with E-state index >= 15 is 0 Å². The molecule has 21 heavy (non-hydrogen) atoms. The molecule has 120 valence electrons. The Hall–Kier alpha value is -0.970. The van der Waals surface area contributed by atoms with Gasteiger partial charge in [-0.15, -0.1) is 0 Å². The third-order valence-corrected chi connectivity index (χ3v) is 3.72. The van der Waals surface area contributed by atoms with Crippen LogP contribution >= 0.6 is 0 Å². The van der Waals surface area contributed by atoms with Crippen LogP contribution in [0, 0.1) is 5.82 Å². The summed E-state index contributed by atoms with van der Waals surface area (Å²) in [5, 5.41) is 3.45. The molecule has 0 spiro atoms. The average molecular weight is 296 g/mol. The Morgan fingerprint density at radius 3 is 2.62 bits per heavy atom. The Kier molecular flexibility index (Phi) is 8.50. The van der Waals surface area contributed by atoms with Crippen LogP contribution in [0.15, 0.2) is 24.3 Å². The summed E-state index contributed by atoms with van der Waals surface area (Å²) in [6.45, 7) is 9.98. The van der Waals surface area contributed by atoms with Gasteiger partial charge in [-0.3, -0.25) is 4.90 Å². The Balaban J connectivity index is 2.65. The molecule has 0 amide bonds. The van der Waals surface area contributed by atoms with Gasteiger partial charge in [0.2, 0.25) is 0 Å². The summed E-state index contributed by atoms with van der Waals surface area (Å²) >= 11 is 0. The summed E-state index contributed by atoms with van der Waals surface area (Å²) in [6.07, 6.45) is 0.958. The van der Waals surface area contributed by atoms with Crippen LogP contribution in [-0.2, 0) is 4.74 Å². The normalized spacial score (nSPS) is 13.1. The van der Waals surface area contributed by atoms with E-state index < -0.39 is 0 Å². The molecule has 0 bridgehead atoms. The number of halogens is 1. The van der Waals surface area contributed by atoms with Gasteiger partial charge in [0.15, 0.2) is 0 Å². The van der Waals surface area contributed by atoms with E-state index in [0.29, 0.717) is 6.04 Å². The van der Waals surface area contributed by atoms with E-state index in [1.807, 2.05) is 6.07 Å². The first-order chi connectivity index (χ1) is 10.1. The lowest BCUT2D eigenvalue weighted by molar-refractivity contribution is 0.126. The molecule has 0 fully saturated rings. The van der Waals surface area contributed by atoms with Crippen LogP contribution in [0.25, 0.3) is 0 Å². The van der Waals surface area contributed by atoms with E-state index in [0.717, 1.165) is 38.2 Å². The maximum Gasteiger partial charge on any atom is 0.123 e. The molecule has 4 heteroatoms. The molecule has 0 aliphatic carbocycles. The van der Waals surface area contributed by atoms with Crippen molar-refractivity contribution in [2.75, 3.05) is 33.4 Å². The lowest BCUT2D eigenvalue weighted by Crippen LogP contribution is -2.36. The highest BCUT2D eigenvalue weighted by molar-refractivity contribution is 5.20. The second kappa shape index (κ2) is 9.87. The monoisotopic (exact) mass is 296 g/mol. The van der Waals surface area contributed by atoms with Crippen molar-refractivity contribution in [1.29, 1.82) is 0 Å². The number of hydrogen-bond acceptors (Lipinski definition) is 3. The molecule has 1 N–H and O–H groups in total. The van der Waals surface area contributed by atoms with Crippen LogP contribution in [0.5, 0.6) is 0 Å².